The summed E-state index contributed by atoms with van der Waals surface area (Å²) in [5, 5.41) is 7.68. The number of amides is 1. The van der Waals surface area contributed by atoms with Crippen LogP contribution in [0.25, 0.3) is 10.2 Å². The summed E-state index contributed by atoms with van der Waals surface area (Å²) in [6.45, 7) is 1.84. The molecule has 0 spiro atoms. The van der Waals surface area contributed by atoms with Crippen LogP contribution in [0.2, 0.25) is 0 Å². The standard InChI is InChI=1S/C15H12F3N3OS2/c1-8-9-7-12(23-14(9)21(2)20-8)13(22)19-10-5-3-4-6-11(10)24-15(16,17)18/h3-7H,1-2H3,(H,19,22). The van der Waals surface area contributed by atoms with Gasteiger partial charge in [0.25, 0.3) is 5.91 Å². The number of hydrogen-bond donors (Lipinski definition) is 1. The molecule has 3 aromatic rings. The first-order chi connectivity index (χ1) is 11.2. The van der Waals surface area contributed by atoms with E-state index in [0.29, 0.717) is 4.88 Å². The lowest BCUT2D eigenvalue weighted by Crippen LogP contribution is -2.11. The minimum absolute atomic E-state index is 0.0442. The Kier molecular flexibility index (Phi) is 4.31. The van der Waals surface area contributed by atoms with Crippen LogP contribution in [0.4, 0.5) is 18.9 Å². The Bertz CT molecular complexity index is 880. The monoisotopic (exact) mass is 371 g/mol. The molecule has 3 rings (SSSR count). The highest BCUT2D eigenvalue weighted by Crippen LogP contribution is 2.40. The molecule has 2 heterocycles. The van der Waals surface area contributed by atoms with Gasteiger partial charge in [-0.05, 0) is 36.9 Å². The van der Waals surface area contributed by atoms with Crippen molar-refractivity contribution in [1.29, 1.82) is 0 Å². The molecule has 1 amide bonds. The average Bonchev–Trinajstić information content (AvgIpc) is 3.02. The number of aryl methyl sites for hydroxylation is 2. The minimum Gasteiger partial charge on any atom is -0.320 e. The number of nitrogens with one attached hydrogen (secondary N) is 1. The van der Waals surface area contributed by atoms with Crippen LogP contribution in [0.3, 0.4) is 0 Å². The van der Waals surface area contributed by atoms with Gasteiger partial charge in [-0.2, -0.15) is 18.3 Å². The van der Waals surface area contributed by atoms with E-state index in [1.807, 2.05) is 6.92 Å². The van der Waals surface area contributed by atoms with E-state index in [0.717, 1.165) is 15.9 Å². The van der Waals surface area contributed by atoms with Crippen molar-refractivity contribution in [3.63, 3.8) is 0 Å². The number of thioether (sulfide) groups is 1. The second kappa shape index (κ2) is 6.14. The average molecular weight is 371 g/mol. The molecule has 0 saturated heterocycles. The molecule has 9 heteroatoms. The first-order valence-corrected chi connectivity index (χ1v) is 8.47. The van der Waals surface area contributed by atoms with Crippen LogP contribution in [0.1, 0.15) is 15.4 Å². The highest BCUT2D eigenvalue weighted by atomic mass is 32.2. The highest BCUT2D eigenvalue weighted by molar-refractivity contribution is 8.00. The van der Waals surface area contributed by atoms with Gasteiger partial charge >= 0.3 is 5.51 Å². The van der Waals surface area contributed by atoms with Gasteiger partial charge in [0, 0.05) is 17.3 Å². The number of benzene rings is 1. The van der Waals surface area contributed by atoms with Crippen LogP contribution in [0.15, 0.2) is 35.2 Å². The third-order valence-electron chi connectivity index (χ3n) is 3.28. The molecule has 0 saturated carbocycles. The molecule has 126 valence electrons. The number of thiophene rings is 1. The molecule has 2 aromatic heterocycles. The van der Waals surface area contributed by atoms with Gasteiger partial charge in [0.05, 0.1) is 16.3 Å². The van der Waals surface area contributed by atoms with Gasteiger partial charge in [0.15, 0.2) is 0 Å². The Morgan fingerprint density at radius 2 is 2.04 bits per heavy atom. The van der Waals surface area contributed by atoms with E-state index in [2.05, 4.69) is 10.4 Å². The van der Waals surface area contributed by atoms with Gasteiger partial charge in [-0.15, -0.1) is 11.3 Å². The van der Waals surface area contributed by atoms with Crippen LogP contribution in [0.5, 0.6) is 0 Å². The van der Waals surface area contributed by atoms with Gasteiger partial charge in [-0.3, -0.25) is 9.48 Å². The van der Waals surface area contributed by atoms with Crippen LogP contribution in [0, 0.1) is 6.92 Å². The summed E-state index contributed by atoms with van der Waals surface area (Å²) in [5.41, 5.74) is -3.48. The summed E-state index contributed by atoms with van der Waals surface area (Å²) in [6, 6.07) is 7.56. The smallest absolute Gasteiger partial charge is 0.320 e. The summed E-state index contributed by atoms with van der Waals surface area (Å²) in [5.74, 6) is -0.439. The fourth-order valence-corrected chi connectivity index (χ4v) is 3.93. The zero-order valence-electron chi connectivity index (χ0n) is 12.6. The van der Waals surface area contributed by atoms with Crippen molar-refractivity contribution < 1.29 is 18.0 Å². The second-order valence-corrected chi connectivity index (χ2v) is 7.17. The number of halogens is 3. The van der Waals surface area contributed by atoms with Crippen LogP contribution in [-0.2, 0) is 7.05 Å². The van der Waals surface area contributed by atoms with E-state index in [-0.39, 0.29) is 22.3 Å². The Balaban J connectivity index is 1.88. The number of hydrogen-bond acceptors (Lipinski definition) is 4. The zero-order valence-corrected chi connectivity index (χ0v) is 14.3. The summed E-state index contributed by atoms with van der Waals surface area (Å²) in [6.07, 6.45) is 0. The molecule has 0 fully saturated rings. The van der Waals surface area contributed by atoms with Gasteiger partial charge in [0.1, 0.15) is 4.83 Å². The van der Waals surface area contributed by atoms with Crippen LogP contribution >= 0.6 is 23.1 Å². The topological polar surface area (TPSA) is 46.9 Å². The molecule has 0 atom stereocenters. The molecule has 0 unspecified atom stereocenters. The number of para-hydroxylation sites is 1. The van der Waals surface area contributed by atoms with Crippen molar-refractivity contribution in [2.45, 2.75) is 17.3 Å². The molecule has 0 radical (unpaired) electrons. The second-order valence-electron chi connectivity index (χ2n) is 5.04. The Labute approximate surface area is 143 Å². The molecular formula is C15H12F3N3OS2. The molecular weight excluding hydrogens is 359 g/mol. The van der Waals surface area contributed by atoms with Crippen LogP contribution < -0.4 is 5.32 Å². The van der Waals surface area contributed by atoms with Crippen LogP contribution in [-0.4, -0.2) is 21.2 Å². The predicted octanol–water partition coefficient (Wildman–Crippen LogP) is 4.81. The minimum atomic E-state index is -4.42. The van der Waals surface area contributed by atoms with Crippen molar-refractivity contribution in [3.05, 3.63) is 40.9 Å². The van der Waals surface area contributed by atoms with Gasteiger partial charge in [-0.1, -0.05) is 12.1 Å². The lowest BCUT2D eigenvalue weighted by atomic mass is 10.3. The first kappa shape index (κ1) is 16.8. The Morgan fingerprint density at radius 3 is 2.71 bits per heavy atom. The third-order valence-corrected chi connectivity index (χ3v) is 5.29. The van der Waals surface area contributed by atoms with E-state index >= 15 is 0 Å². The Morgan fingerprint density at radius 1 is 1.33 bits per heavy atom. The van der Waals surface area contributed by atoms with Gasteiger partial charge in [-0.25, -0.2) is 0 Å². The number of carbonyl (C=O) groups excluding carboxylic acids is 1. The quantitative estimate of drug-likeness (QED) is 0.672. The van der Waals surface area contributed by atoms with E-state index < -0.39 is 11.4 Å². The summed E-state index contributed by atoms with van der Waals surface area (Å²) < 4.78 is 39.5. The number of fused-ring (bicyclic) bond motifs is 1. The lowest BCUT2D eigenvalue weighted by molar-refractivity contribution is -0.0328. The van der Waals surface area contributed by atoms with E-state index in [1.54, 1.807) is 23.9 Å². The fourth-order valence-electron chi connectivity index (χ4n) is 2.28. The summed E-state index contributed by atoms with van der Waals surface area (Å²) in [7, 11) is 1.78. The third kappa shape index (κ3) is 3.41. The van der Waals surface area contributed by atoms with Crippen molar-refractivity contribution in [2.24, 2.45) is 7.05 Å². The van der Waals surface area contributed by atoms with Gasteiger partial charge in [0.2, 0.25) is 0 Å². The molecule has 0 aliphatic carbocycles. The summed E-state index contributed by atoms with van der Waals surface area (Å²) >= 11 is 1.00. The number of nitrogens with zero attached hydrogens (tertiary/aromatic N) is 2. The molecule has 0 aliphatic heterocycles. The van der Waals surface area contributed by atoms with E-state index in [9.17, 15) is 18.0 Å². The predicted molar refractivity (Wildman–Crippen MR) is 89.6 cm³/mol. The largest absolute Gasteiger partial charge is 0.446 e. The zero-order chi connectivity index (χ0) is 17.5. The SMILES string of the molecule is Cc1nn(C)c2sc(C(=O)Nc3ccccc3SC(F)(F)F)cc12. The van der Waals surface area contributed by atoms with Crippen molar-refractivity contribution in [3.8, 4) is 0 Å². The normalized spacial score (nSPS) is 11.9. The fraction of sp³-hybridized carbons (Fsp3) is 0.200. The maximum Gasteiger partial charge on any atom is 0.446 e. The van der Waals surface area contributed by atoms with E-state index in [1.165, 1.54) is 29.5 Å². The van der Waals surface area contributed by atoms with Crippen molar-refractivity contribution in [2.75, 3.05) is 5.32 Å². The molecule has 24 heavy (non-hydrogen) atoms. The van der Waals surface area contributed by atoms with Crippen molar-refractivity contribution in [1.82, 2.24) is 9.78 Å². The lowest BCUT2D eigenvalue weighted by Gasteiger charge is -2.11. The first-order valence-electron chi connectivity index (χ1n) is 6.84. The number of alkyl halides is 3. The number of anilines is 1. The van der Waals surface area contributed by atoms with Crippen molar-refractivity contribution >= 4 is 44.9 Å². The van der Waals surface area contributed by atoms with Gasteiger partial charge < -0.3 is 5.32 Å². The molecule has 4 nitrogen and oxygen atoms in total. The maximum atomic E-state index is 12.6. The number of carbonyl (C=O) groups is 1. The Hall–Kier alpha value is -2.00. The maximum absolute atomic E-state index is 12.6. The van der Waals surface area contributed by atoms with E-state index in [4.69, 9.17) is 0 Å². The number of aromatic nitrogens is 2. The molecule has 0 bridgehead atoms. The summed E-state index contributed by atoms with van der Waals surface area (Å²) in [4.78, 5) is 13.6. The molecule has 0 aliphatic rings. The molecule has 1 N–H and O–H groups in total. The number of rotatable bonds is 3. The molecule has 1 aromatic carbocycles. The highest BCUT2D eigenvalue weighted by Gasteiger charge is 2.30.